The van der Waals surface area contributed by atoms with Crippen LogP contribution in [-0.4, -0.2) is 23.9 Å². The van der Waals surface area contributed by atoms with E-state index in [0.717, 1.165) is 37.1 Å². The summed E-state index contributed by atoms with van der Waals surface area (Å²) in [5.41, 5.74) is 0.754. The third-order valence-electron chi connectivity index (χ3n) is 4.95. The van der Waals surface area contributed by atoms with Gasteiger partial charge in [-0.1, -0.05) is 41.9 Å². The van der Waals surface area contributed by atoms with E-state index in [4.69, 9.17) is 11.6 Å². The number of likely N-dealkylation sites (tertiary alicyclic amines) is 1. The van der Waals surface area contributed by atoms with Crippen LogP contribution in [-0.2, 0) is 24.1 Å². The van der Waals surface area contributed by atoms with Crippen LogP contribution < -0.4 is 5.32 Å². The van der Waals surface area contributed by atoms with Gasteiger partial charge in [0.15, 0.2) is 0 Å². The number of hydrogen-bond donors (Lipinski definition) is 1. The molecule has 1 atom stereocenters. The molecule has 0 saturated carbocycles. The van der Waals surface area contributed by atoms with E-state index < -0.39 is 11.7 Å². The number of hydrogen-bond acceptors (Lipinski definition) is 2. The van der Waals surface area contributed by atoms with Gasteiger partial charge in [0.2, 0.25) is 5.91 Å². The fourth-order valence-corrected chi connectivity index (χ4v) is 3.67. The molecule has 3 nitrogen and oxygen atoms in total. The molecule has 0 aromatic heterocycles. The molecule has 28 heavy (non-hydrogen) atoms. The zero-order valence-electron chi connectivity index (χ0n) is 15.3. The number of alkyl halides is 3. The molecule has 0 radical (unpaired) electrons. The molecule has 2 aromatic carbocycles. The Bertz CT molecular complexity index is 825. The van der Waals surface area contributed by atoms with Gasteiger partial charge in [0.1, 0.15) is 0 Å². The van der Waals surface area contributed by atoms with Crippen molar-refractivity contribution in [3.63, 3.8) is 0 Å². The molecule has 1 saturated heterocycles. The molecule has 3 rings (SSSR count). The number of amides is 1. The van der Waals surface area contributed by atoms with E-state index in [0.29, 0.717) is 23.7 Å². The highest BCUT2D eigenvalue weighted by molar-refractivity contribution is 6.31. The molecule has 0 unspecified atom stereocenters. The molecular formula is C21H22ClF3N2O. The van der Waals surface area contributed by atoms with Crippen molar-refractivity contribution in [3.05, 3.63) is 70.2 Å². The van der Waals surface area contributed by atoms with Gasteiger partial charge in [-0.05, 0) is 48.7 Å². The fourth-order valence-electron chi connectivity index (χ4n) is 3.47. The second kappa shape index (κ2) is 8.97. The maximum atomic E-state index is 12.8. The van der Waals surface area contributed by atoms with Crippen molar-refractivity contribution in [2.75, 3.05) is 13.1 Å². The average molecular weight is 411 g/mol. The zero-order chi connectivity index (χ0) is 20.1. The van der Waals surface area contributed by atoms with Gasteiger partial charge in [-0.15, -0.1) is 0 Å². The highest BCUT2D eigenvalue weighted by Crippen LogP contribution is 2.29. The first kappa shape index (κ1) is 20.7. The second-order valence-corrected chi connectivity index (χ2v) is 7.49. The van der Waals surface area contributed by atoms with Gasteiger partial charge in [-0.3, -0.25) is 9.69 Å². The second-order valence-electron chi connectivity index (χ2n) is 7.08. The van der Waals surface area contributed by atoms with Crippen LogP contribution in [0.1, 0.15) is 29.5 Å². The molecule has 1 heterocycles. The summed E-state index contributed by atoms with van der Waals surface area (Å²) in [7, 11) is 0. The number of rotatable bonds is 5. The fraction of sp³-hybridized carbons (Fsp3) is 0.381. The number of piperidine rings is 1. The third kappa shape index (κ3) is 5.49. The minimum Gasteiger partial charge on any atom is -0.352 e. The topological polar surface area (TPSA) is 32.3 Å². The summed E-state index contributed by atoms with van der Waals surface area (Å²) in [4.78, 5) is 14.7. The number of halogens is 4. The first-order chi connectivity index (χ1) is 13.3. The average Bonchev–Trinajstić information content (AvgIpc) is 2.68. The Balaban J connectivity index is 1.55. The minimum atomic E-state index is -4.39. The maximum Gasteiger partial charge on any atom is 0.416 e. The van der Waals surface area contributed by atoms with Crippen LogP contribution in [0.25, 0.3) is 0 Å². The van der Waals surface area contributed by atoms with E-state index in [1.165, 1.54) is 6.07 Å². The Morgan fingerprint density at radius 1 is 1.18 bits per heavy atom. The summed E-state index contributed by atoms with van der Waals surface area (Å²) in [6.45, 7) is 2.27. The van der Waals surface area contributed by atoms with E-state index in [-0.39, 0.29) is 18.4 Å². The van der Waals surface area contributed by atoms with Gasteiger partial charge in [-0.25, -0.2) is 0 Å². The summed E-state index contributed by atoms with van der Waals surface area (Å²) < 4.78 is 38.4. The first-order valence-electron chi connectivity index (χ1n) is 9.22. The number of benzene rings is 2. The van der Waals surface area contributed by atoms with Crippen molar-refractivity contribution in [2.24, 2.45) is 5.92 Å². The van der Waals surface area contributed by atoms with E-state index in [2.05, 4.69) is 10.2 Å². The van der Waals surface area contributed by atoms with Crippen LogP contribution in [0.5, 0.6) is 0 Å². The molecule has 1 N–H and O–H groups in total. The smallest absolute Gasteiger partial charge is 0.352 e. The molecule has 1 aliphatic rings. The van der Waals surface area contributed by atoms with Gasteiger partial charge in [0, 0.05) is 24.7 Å². The van der Waals surface area contributed by atoms with Crippen LogP contribution in [0.15, 0.2) is 48.5 Å². The Labute approximate surface area is 167 Å². The molecule has 7 heteroatoms. The van der Waals surface area contributed by atoms with Gasteiger partial charge in [0.25, 0.3) is 0 Å². The van der Waals surface area contributed by atoms with E-state index in [1.807, 2.05) is 24.3 Å². The van der Waals surface area contributed by atoms with Crippen molar-refractivity contribution >= 4 is 17.5 Å². The molecular weight excluding hydrogens is 389 g/mol. The molecule has 0 aliphatic carbocycles. The van der Waals surface area contributed by atoms with Gasteiger partial charge in [-0.2, -0.15) is 13.2 Å². The SMILES string of the molecule is O=C(NCc1cccc(C(F)(F)F)c1)[C@H]1CCCN(Cc2ccccc2Cl)C1. The molecule has 1 amide bonds. The standard InChI is InChI=1S/C21H22ClF3N2O/c22-19-9-2-1-6-16(19)13-27-10-4-7-17(14-27)20(28)26-12-15-5-3-8-18(11-15)21(23,24)25/h1-3,5-6,8-9,11,17H,4,7,10,12-14H2,(H,26,28)/t17-/m0/s1. The molecule has 0 spiro atoms. The highest BCUT2D eigenvalue weighted by atomic mass is 35.5. The molecule has 1 aliphatic heterocycles. The predicted octanol–water partition coefficient (Wildman–Crippen LogP) is 4.89. The van der Waals surface area contributed by atoms with Crippen molar-refractivity contribution in [1.82, 2.24) is 10.2 Å². The Hall–Kier alpha value is -2.05. The summed E-state index contributed by atoms with van der Waals surface area (Å²) >= 11 is 6.22. The van der Waals surface area contributed by atoms with Crippen molar-refractivity contribution in [3.8, 4) is 0 Å². The van der Waals surface area contributed by atoms with Crippen molar-refractivity contribution in [1.29, 1.82) is 0 Å². The quantitative estimate of drug-likeness (QED) is 0.761. The van der Waals surface area contributed by atoms with Crippen LogP contribution in [0.4, 0.5) is 13.2 Å². The normalized spacial score (nSPS) is 18.1. The molecule has 2 aromatic rings. The van der Waals surface area contributed by atoms with Gasteiger partial charge < -0.3 is 5.32 Å². The number of carbonyl (C=O) groups excluding carboxylic acids is 1. The lowest BCUT2D eigenvalue weighted by molar-refractivity contribution is -0.137. The lowest BCUT2D eigenvalue weighted by Crippen LogP contribution is -2.42. The Morgan fingerprint density at radius 2 is 1.96 bits per heavy atom. The first-order valence-corrected chi connectivity index (χ1v) is 9.60. The lowest BCUT2D eigenvalue weighted by Gasteiger charge is -2.32. The highest BCUT2D eigenvalue weighted by Gasteiger charge is 2.30. The van der Waals surface area contributed by atoms with E-state index in [9.17, 15) is 18.0 Å². The lowest BCUT2D eigenvalue weighted by atomic mass is 9.96. The van der Waals surface area contributed by atoms with Crippen LogP contribution in [0.3, 0.4) is 0 Å². The summed E-state index contributed by atoms with van der Waals surface area (Å²) in [5, 5.41) is 3.49. The van der Waals surface area contributed by atoms with Crippen LogP contribution in [0, 0.1) is 5.92 Å². The summed E-state index contributed by atoms with van der Waals surface area (Å²) in [6, 6.07) is 12.7. The summed E-state index contributed by atoms with van der Waals surface area (Å²) in [6.07, 6.45) is -2.72. The molecule has 150 valence electrons. The van der Waals surface area contributed by atoms with Crippen molar-refractivity contribution < 1.29 is 18.0 Å². The summed E-state index contributed by atoms with van der Waals surface area (Å²) in [5.74, 6) is -0.302. The molecule has 0 bridgehead atoms. The minimum absolute atomic E-state index is 0.0871. The largest absolute Gasteiger partial charge is 0.416 e. The Morgan fingerprint density at radius 3 is 2.71 bits per heavy atom. The van der Waals surface area contributed by atoms with Gasteiger partial charge in [0.05, 0.1) is 11.5 Å². The van der Waals surface area contributed by atoms with Crippen LogP contribution >= 0.6 is 11.6 Å². The third-order valence-corrected chi connectivity index (χ3v) is 5.32. The zero-order valence-corrected chi connectivity index (χ0v) is 16.1. The predicted molar refractivity (Wildman–Crippen MR) is 103 cm³/mol. The molecule has 1 fully saturated rings. The number of nitrogens with one attached hydrogen (secondary N) is 1. The Kier molecular flexibility index (Phi) is 6.62. The maximum absolute atomic E-state index is 12.8. The van der Waals surface area contributed by atoms with Crippen molar-refractivity contribution in [2.45, 2.75) is 32.1 Å². The monoisotopic (exact) mass is 410 g/mol. The number of carbonyl (C=O) groups is 1. The number of nitrogens with zero attached hydrogens (tertiary/aromatic N) is 1. The van der Waals surface area contributed by atoms with E-state index in [1.54, 1.807) is 6.07 Å². The van der Waals surface area contributed by atoms with Crippen LogP contribution in [0.2, 0.25) is 5.02 Å². The van der Waals surface area contributed by atoms with Gasteiger partial charge >= 0.3 is 6.18 Å². The van der Waals surface area contributed by atoms with E-state index >= 15 is 0 Å².